The number of benzene rings is 1. The fourth-order valence-corrected chi connectivity index (χ4v) is 3.97. The number of amidine groups is 1. The molecule has 0 saturated heterocycles. The number of hydrogen-bond acceptors (Lipinski definition) is 5. The summed E-state index contributed by atoms with van der Waals surface area (Å²) in [5, 5.41) is 0.654. The highest BCUT2D eigenvalue weighted by molar-refractivity contribution is 6.01. The van der Waals surface area contributed by atoms with Crippen LogP contribution in [0.25, 0.3) is 10.9 Å². The van der Waals surface area contributed by atoms with Crippen LogP contribution in [0.3, 0.4) is 0 Å². The second kappa shape index (κ2) is 7.11. The Morgan fingerprint density at radius 2 is 2.12 bits per heavy atom. The molecule has 1 N–H and O–H groups in total. The molecular formula is C20H25N3O3. The highest BCUT2D eigenvalue weighted by Crippen LogP contribution is 2.27. The van der Waals surface area contributed by atoms with Gasteiger partial charge in [0.25, 0.3) is 0 Å². The normalized spacial score (nSPS) is 20.8. The Balaban J connectivity index is 1.84. The fourth-order valence-electron chi connectivity index (χ4n) is 3.97. The summed E-state index contributed by atoms with van der Waals surface area (Å²) in [5.41, 5.74) is 4.23. The topological polar surface area (TPSA) is 64.8 Å². The number of pyridine rings is 1. The van der Waals surface area contributed by atoms with E-state index < -0.39 is 0 Å². The van der Waals surface area contributed by atoms with Crippen LogP contribution in [0.4, 0.5) is 0 Å². The van der Waals surface area contributed by atoms with Crippen molar-refractivity contribution < 1.29 is 9.57 Å². The summed E-state index contributed by atoms with van der Waals surface area (Å²) in [6.45, 7) is 2.75. The molecule has 1 fully saturated rings. The Bertz CT molecular complexity index is 897. The smallest absolute Gasteiger partial charge is 0.200 e. The van der Waals surface area contributed by atoms with E-state index in [0.717, 1.165) is 12.1 Å². The van der Waals surface area contributed by atoms with Gasteiger partial charge in [0.2, 0.25) is 5.43 Å². The predicted octanol–water partition coefficient (Wildman–Crippen LogP) is 3.22. The van der Waals surface area contributed by atoms with Crippen molar-refractivity contribution in [2.75, 3.05) is 7.11 Å². The summed E-state index contributed by atoms with van der Waals surface area (Å²) >= 11 is 0. The summed E-state index contributed by atoms with van der Waals surface area (Å²) in [6, 6.07) is 5.71. The summed E-state index contributed by atoms with van der Waals surface area (Å²) < 4.78 is 7.53. The lowest BCUT2D eigenvalue weighted by atomic mass is 9.89. The summed E-state index contributed by atoms with van der Waals surface area (Å²) in [4.78, 5) is 22.8. The number of methoxy groups -OCH3 is 1. The molecule has 1 saturated carbocycles. The molecular weight excluding hydrogens is 330 g/mol. The van der Waals surface area contributed by atoms with Crippen LogP contribution in [0.15, 0.2) is 34.2 Å². The van der Waals surface area contributed by atoms with Crippen molar-refractivity contribution in [3.05, 3.63) is 40.2 Å². The number of hydroxylamine groups is 1. The van der Waals surface area contributed by atoms with E-state index >= 15 is 0 Å². The molecule has 1 aromatic heterocycles. The van der Waals surface area contributed by atoms with Crippen molar-refractivity contribution in [2.24, 2.45) is 10.9 Å². The molecule has 6 heteroatoms. The average molecular weight is 355 g/mol. The SMILES string of the molecule is COc1ccc2c(c1)c(=O)c(C1=NC(C)ON1)cn2CC1CCCCC1. The third-order valence-electron chi connectivity index (χ3n) is 5.36. The lowest BCUT2D eigenvalue weighted by Gasteiger charge is -2.24. The van der Waals surface area contributed by atoms with Crippen LogP contribution >= 0.6 is 0 Å². The Morgan fingerprint density at radius 3 is 2.81 bits per heavy atom. The molecule has 0 bridgehead atoms. The third-order valence-corrected chi connectivity index (χ3v) is 5.36. The van der Waals surface area contributed by atoms with Gasteiger partial charge < -0.3 is 9.30 Å². The molecule has 1 aliphatic carbocycles. The zero-order valence-corrected chi connectivity index (χ0v) is 15.3. The first kappa shape index (κ1) is 17.1. The van der Waals surface area contributed by atoms with E-state index in [1.54, 1.807) is 7.11 Å². The van der Waals surface area contributed by atoms with E-state index in [2.05, 4.69) is 15.0 Å². The van der Waals surface area contributed by atoms with Gasteiger partial charge in [-0.05, 0) is 43.9 Å². The van der Waals surface area contributed by atoms with Gasteiger partial charge in [-0.1, -0.05) is 19.3 Å². The molecule has 1 aliphatic heterocycles. The van der Waals surface area contributed by atoms with E-state index in [9.17, 15) is 4.79 Å². The first-order valence-corrected chi connectivity index (χ1v) is 9.36. The van der Waals surface area contributed by atoms with Crippen LogP contribution in [0.2, 0.25) is 0 Å². The van der Waals surface area contributed by atoms with Crippen molar-refractivity contribution >= 4 is 16.7 Å². The molecule has 138 valence electrons. The molecule has 1 aromatic carbocycles. The molecule has 26 heavy (non-hydrogen) atoms. The Morgan fingerprint density at radius 1 is 1.31 bits per heavy atom. The standard InChI is InChI=1S/C20H25N3O3/c1-13-21-20(22-26-13)17-12-23(11-14-6-4-3-5-7-14)18-9-8-15(25-2)10-16(18)19(17)24/h8-10,12-14H,3-7,11H2,1-2H3,(H,21,22). The monoisotopic (exact) mass is 355 g/mol. The van der Waals surface area contributed by atoms with Crippen molar-refractivity contribution in [3.63, 3.8) is 0 Å². The number of hydrogen-bond donors (Lipinski definition) is 1. The average Bonchev–Trinajstić information content (AvgIpc) is 3.10. The number of rotatable bonds is 4. The van der Waals surface area contributed by atoms with Crippen molar-refractivity contribution in [1.29, 1.82) is 0 Å². The van der Waals surface area contributed by atoms with Gasteiger partial charge in [0.05, 0.1) is 23.6 Å². The second-order valence-electron chi connectivity index (χ2n) is 7.21. The van der Waals surface area contributed by atoms with Crippen LogP contribution in [0.5, 0.6) is 5.75 Å². The van der Waals surface area contributed by atoms with Gasteiger partial charge in [-0.25, -0.2) is 15.3 Å². The van der Waals surface area contributed by atoms with E-state index in [4.69, 9.17) is 9.57 Å². The molecule has 0 amide bonds. The van der Waals surface area contributed by atoms with Crippen LogP contribution < -0.4 is 15.6 Å². The summed E-state index contributed by atoms with van der Waals surface area (Å²) in [7, 11) is 1.61. The van der Waals surface area contributed by atoms with Gasteiger partial charge in [-0.3, -0.25) is 4.79 Å². The lowest BCUT2D eigenvalue weighted by Crippen LogP contribution is -2.27. The van der Waals surface area contributed by atoms with Crippen LogP contribution in [0, 0.1) is 5.92 Å². The van der Waals surface area contributed by atoms with Crippen LogP contribution in [-0.4, -0.2) is 23.7 Å². The van der Waals surface area contributed by atoms with Gasteiger partial charge >= 0.3 is 0 Å². The van der Waals surface area contributed by atoms with Gasteiger partial charge in [-0.15, -0.1) is 0 Å². The van der Waals surface area contributed by atoms with Crippen molar-refractivity contribution in [1.82, 2.24) is 10.0 Å². The first-order chi connectivity index (χ1) is 12.7. The second-order valence-corrected chi connectivity index (χ2v) is 7.21. The Hall–Kier alpha value is -2.34. The van der Waals surface area contributed by atoms with Gasteiger partial charge in [-0.2, -0.15) is 0 Å². The van der Waals surface area contributed by atoms with Gasteiger partial charge in [0.1, 0.15) is 5.75 Å². The fraction of sp³-hybridized carbons (Fsp3) is 0.500. The number of aliphatic imine (C=N–C) groups is 1. The number of ether oxygens (including phenoxy) is 1. The zero-order chi connectivity index (χ0) is 18.1. The maximum absolute atomic E-state index is 13.1. The van der Waals surface area contributed by atoms with E-state index in [1.165, 1.54) is 32.1 Å². The summed E-state index contributed by atoms with van der Waals surface area (Å²) in [6.07, 6.45) is 8.05. The molecule has 0 radical (unpaired) electrons. The maximum Gasteiger partial charge on any atom is 0.200 e. The van der Waals surface area contributed by atoms with E-state index in [0.29, 0.717) is 28.5 Å². The third kappa shape index (κ3) is 3.21. The minimum Gasteiger partial charge on any atom is -0.497 e. The molecule has 1 atom stereocenters. The number of nitrogens with zero attached hydrogens (tertiary/aromatic N) is 2. The lowest BCUT2D eigenvalue weighted by molar-refractivity contribution is 0.0504. The minimum atomic E-state index is -0.294. The van der Waals surface area contributed by atoms with E-state index in [1.807, 2.05) is 31.3 Å². The molecule has 1 unspecified atom stereocenters. The molecule has 2 aliphatic rings. The molecule has 0 spiro atoms. The van der Waals surface area contributed by atoms with Crippen molar-refractivity contribution in [3.8, 4) is 5.75 Å². The number of fused-ring (bicyclic) bond motifs is 1. The van der Waals surface area contributed by atoms with Crippen LogP contribution in [0.1, 0.15) is 44.6 Å². The minimum absolute atomic E-state index is 0.0530. The largest absolute Gasteiger partial charge is 0.497 e. The molecule has 2 aromatic rings. The molecule has 2 heterocycles. The predicted molar refractivity (Wildman–Crippen MR) is 102 cm³/mol. The molecule has 6 nitrogen and oxygen atoms in total. The Kier molecular flexibility index (Phi) is 4.68. The quantitative estimate of drug-likeness (QED) is 0.915. The van der Waals surface area contributed by atoms with Crippen LogP contribution in [-0.2, 0) is 11.4 Å². The first-order valence-electron chi connectivity index (χ1n) is 9.36. The highest BCUT2D eigenvalue weighted by Gasteiger charge is 2.22. The highest BCUT2D eigenvalue weighted by atomic mass is 16.7. The molecule has 4 rings (SSSR count). The zero-order valence-electron chi connectivity index (χ0n) is 15.3. The number of aromatic nitrogens is 1. The maximum atomic E-state index is 13.1. The van der Waals surface area contributed by atoms with Gasteiger partial charge in [0, 0.05) is 12.7 Å². The Labute approximate surface area is 152 Å². The summed E-state index contributed by atoms with van der Waals surface area (Å²) in [5.74, 6) is 1.84. The van der Waals surface area contributed by atoms with Crippen molar-refractivity contribution in [2.45, 2.75) is 51.8 Å². The van der Waals surface area contributed by atoms with E-state index in [-0.39, 0.29) is 11.7 Å². The number of nitrogens with one attached hydrogen (secondary N) is 1. The van der Waals surface area contributed by atoms with Gasteiger partial charge in [0.15, 0.2) is 12.1 Å².